The van der Waals surface area contributed by atoms with Crippen LogP contribution in [0, 0.1) is 11.8 Å². The van der Waals surface area contributed by atoms with Crippen molar-refractivity contribution < 1.29 is 4.79 Å². The van der Waals surface area contributed by atoms with E-state index >= 15 is 0 Å². The molecule has 2 aliphatic rings. The van der Waals surface area contributed by atoms with E-state index in [-0.39, 0.29) is 5.91 Å². The first-order chi connectivity index (χ1) is 11.7. The summed E-state index contributed by atoms with van der Waals surface area (Å²) >= 11 is 0. The molecule has 1 atom stereocenters. The van der Waals surface area contributed by atoms with Crippen LogP contribution in [0.5, 0.6) is 0 Å². The summed E-state index contributed by atoms with van der Waals surface area (Å²) in [5.74, 6) is 1.57. The summed E-state index contributed by atoms with van der Waals surface area (Å²) in [6, 6.07) is 8.21. The van der Waals surface area contributed by atoms with Crippen molar-refractivity contribution in [1.82, 2.24) is 10.2 Å². The van der Waals surface area contributed by atoms with Crippen LogP contribution in [-0.4, -0.2) is 30.4 Å². The maximum atomic E-state index is 12.3. The minimum atomic E-state index is 0.0821. The van der Waals surface area contributed by atoms with Gasteiger partial charge in [0.1, 0.15) is 0 Å². The third-order valence-electron chi connectivity index (χ3n) is 5.64. The number of carbonyl (C=O) groups is 1. The maximum absolute atomic E-state index is 12.3. The molecule has 0 bridgehead atoms. The molecular weight excluding hydrogens is 296 g/mol. The molecule has 1 N–H and O–H groups in total. The lowest BCUT2D eigenvalue weighted by Crippen LogP contribution is -2.33. The van der Waals surface area contributed by atoms with E-state index in [4.69, 9.17) is 0 Å². The fourth-order valence-corrected chi connectivity index (χ4v) is 4.18. The fraction of sp³-hybridized carbons (Fsp3) is 0.667. The van der Waals surface area contributed by atoms with Gasteiger partial charge in [-0.1, -0.05) is 38.3 Å². The molecule has 1 aromatic rings. The van der Waals surface area contributed by atoms with Crippen molar-refractivity contribution in [2.24, 2.45) is 11.8 Å². The molecule has 1 aromatic carbocycles. The average Bonchev–Trinajstić information content (AvgIpc) is 2.61. The van der Waals surface area contributed by atoms with Gasteiger partial charge in [-0.3, -0.25) is 9.69 Å². The van der Waals surface area contributed by atoms with Gasteiger partial charge < -0.3 is 5.32 Å². The van der Waals surface area contributed by atoms with E-state index in [1.165, 1.54) is 63.6 Å². The van der Waals surface area contributed by atoms with E-state index in [9.17, 15) is 4.79 Å². The fourth-order valence-electron chi connectivity index (χ4n) is 4.18. The zero-order valence-corrected chi connectivity index (χ0v) is 15.1. The Balaban J connectivity index is 1.47. The molecule has 1 unspecified atom stereocenters. The lowest BCUT2D eigenvalue weighted by atomic mass is 9.89. The lowest BCUT2D eigenvalue weighted by molar-refractivity contribution is 0.0943. The molecule has 0 aromatic heterocycles. The predicted molar refractivity (Wildman–Crippen MR) is 99.0 cm³/mol. The number of carbonyl (C=O) groups excluding carboxylic acids is 1. The first-order valence-corrected chi connectivity index (χ1v) is 9.80. The molecule has 1 aliphatic carbocycles. The Morgan fingerprint density at radius 3 is 2.54 bits per heavy atom. The van der Waals surface area contributed by atoms with Gasteiger partial charge in [-0.15, -0.1) is 0 Å². The highest BCUT2D eigenvalue weighted by molar-refractivity contribution is 5.94. The molecular formula is C21H32N2O. The lowest BCUT2D eigenvalue weighted by Gasteiger charge is -2.30. The van der Waals surface area contributed by atoms with Gasteiger partial charge in [0.25, 0.3) is 5.91 Å². The minimum absolute atomic E-state index is 0.0821. The molecule has 1 heterocycles. The van der Waals surface area contributed by atoms with E-state index < -0.39 is 0 Å². The molecule has 3 nitrogen and oxygen atoms in total. The molecule has 3 heteroatoms. The Hall–Kier alpha value is -1.35. The first kappa shape index (κ1) is 17.5. The van der Waals surface area contributed by atoms with Crippen molar-refractivity contribution in [2.45, 2.75) is 58.4 Å². The molecule has 3 rings (SSSR count). The Morgan fingerprint density at radius 2 is 1.83 bits per heavy atom. The first-order valence-electron chi connectivity index (χ1n) is 9.80. The third-order valence-corrected chi connectivity index (χ3v) is 5.64. The van der Waals surface area contributed by atoms with Crippen molar-refractivity contribution in [1.29, 1.82) is 0 Å². The Morgan fingerprint density at radius 1 is 1.08 bits per heavy atom. The normalized spacial score (nSPS) is 23.1. The molecule has 1 saturated heterocycles. The second-order valence-corrected chi connectivity index (χ2v) is 7.89. The van der Waals surface area contributed by atoms with Crippen LogP contribution >= 0.6 is 0 Å². The van der Waals surface area contributed by atoms with Crippen molar-refractivity contribution >= 4 is 5.91 Å². The molecule has 132 valence electrons. The Bertz CT molecular complexity index is 519. The van der Waals surface area contributed by atoms with Gasteiger partial charge in [-0.05, 0) is 61.8 Å². The second kappa shape index (κ2) is 8.66. The van der Waals surface area contributed by atoms with Crippen molar-refractivity contribution in [3.05, 3.63) is 35.4 Å². The van der Waals surface area contributed by atoms with E-state index in [1.54, 1.807) is 0 Å². The van der Waals surface area contributed by atoms with Gasteiger partial charge in [-0.25, -0.2) is 0 Å². The summed E-state index contributed by atoms with van der Waals surface area (Å²) in [4.78, 5) is 14.8. The SMILES string of the molecule is CC1CCCN(Cc2ccc(C(=O)NCC3CCCCC3)cc2)C1. The standard InChI is InChI=1S/C21H32N2O/c1-17-6-5-13-23(15-17)16-19-9-11-20(12-10-19)21(24)22-14-18-7-3-2-4-8-18/h9-12,17-18H,2-8,13-16H2,1H3,(H,22,24). The molecule has 0 spiro atoms. The number of rotatable bonds is 5. The topological polar surface area (TPSA) is 32.3 Å². The van der Waals surface area contributed by atoms with Gasteiger partial charge >= 0.3 is 0 Å². The van der Waals surface area contributed by atoms with Crippen LogP contribution in [0.4, 0.5) is 0 Å². The number of nitrogens with zero attached hydrogens (tertiary/aromatic N) is 1. The zero-order chi connectivity index (χ0) is 16.8. The van der Waals surface area contributed by atoms with Gasteiger partial charge in [-0.2, -0.15) is 0 Å². The Labute approximate surface area is 146 Å². The van der Waals surface area contributed by atoms with E-state index in [1.807, 2.05) is 12.1 Å². The summed E-state index contributed by atoms with van der Waals surface area (Å²) < 4.78 is 0. The van der Waals surface area contributed by atoms with Gasteiger partial charge in [0.15, 0.2) is 0 Å². The van der Waals surface area contributed by atoms with Crippen LogP contribution in [0.1, 0.15) is 67.8 Å². The van der Waals surface area contributed by atoms with Gasteiger partial charge in [0.2, 0.25) is 0 Å². The molecule has 1 saturated carbocycles. The Kier molecular flexibility index (Phi) is 6.30. The van der Waals surface area contributed by atoms with Crippen molar-refractivity contribution in [3.63, 3.8) is 0 Å². The summed E-state index contributed by atoms with van der Waals surface area (Å²) in [5, 5.41) is 3.13. The summed E-state index contributed by atoms with van der Waals surface area (Å²) in [7, 11) is 0. The van der Waals surface area contributed by atoms with Gasteiger partial charge in [0, 0.05) is 25.2 Å². The molecule has 0 radical (unpaired) electrons. The summed E-state index contributed by atoms with van der Waals surface area (Å²) in [6.45, 7) is 6.59. The van der Waals surface area contributed by atoms with E-state index in [0.717, 1.165) is 24.6 Å². The molecule has 1 aliphatic heterocycles. The highest BCUT2D eigenvalue weighted by Crippen LogP contribution is 2.23. The predicted octanol–water partition coefficient (Wildman–Crippen LogP) is 4.23. The molecule has 24 heavy (non-hydrogen) atoms. The number of benzene rings is 1. The van der Waals surface area contributed by atoms with Crippen LogP contribution < -0.4 is 5.32 Å². The molecule has 2 fully saturated rings. The smallest absolute Gasteiger partial charge is 0.251 e. The van der Waals surface area contributed by atoms with E-state index in [2.05, 4.69) is 29.3 Å². The number of hydrogen-bond donors (Lipinski definition) is 1. The average molecular weight is 329 g/mol. The van der Waals surface area contributed by atoms with E-state index in [0.29, 0.717) is 5.92 Å². The second-order valence-electron chi connectivity index (χ2n) is 7.89. The summed E-state index contributed by atoms with van der Waals surface area (Å²) in [5.41, 5.74) is 2.11. The van der Waals surface area contributed by atoms with Crippen LogP contribution in [0.25, 0.3) is 0 Å². The van der Waals surface area contributed by atoms with Crippen LogP contribution in [0.2, 0.25) is 0 Å². The largest absolute Gasteiger partial charge is 0.352 e. The number of likely N-dealkylation sites (tertiary alicyclic amines) is 1. The number of piperidine rings is 1. The minimum Gasteiger partial charge on any atom is -0.352 e. The van der Waals surface area contributed by atoms with Crippen LogP contribution in [-0.2, 0) is 6.54 Å². The van der Waals surface area contributed by atoms with Gasteiger partial charge in [0.05, 0.1) is 0 Å². The zero-order valence-electron chi connectivity index (χ0n) is 15.1. The van der Waals surface area contributed by atoms with Crippen LogP contribution in [0.15, 0.2) is 24.3 Å². The number of amides is 1. The highest BCUT2D eigenvalue weighted by Gasteiger charge is 2.17. The van der Waals surface area contributed by atoms with Crippen molar-refractivity contribution in [3.8, 4) is 0 Å². The third kappa shape index (κ3) is 5.07. The monoisotopic (exact) mass is 328 g/mol. The van der Waals surface area contributed by atoms with Crippen molar-refractivity contribution in [2.75, 3.05) is 19.6 Å². The quantitative estimate of drug-likeness (QED) is 0.877. The number of hydrogen-bond acceptors (Lipinski definition) is 2. The highest BCUT2D eigenvalue weighted by atomic mass is 16.1. The molecule has 1 amide bonds. The van der Waals surface area contributed by atoms with Crippen LogP contribution in [0.3, 0.4) is 0 Å². The summed E-state index contributed by atoms with van der Waals surface area (Å²) in [6.07, 6.45) is 9.22. The number of nitrogens with one attached hydrogen (secondary N) is 1. The maximum Gasteiger partial charge on any atom is 0.251 e.